The molecule has 0 saturated heterocycles. The van der Waals surface area contributed by atoms with E-state index in [0.29, 0.717) is 6.54 Å². The van der Waals surface area contributed by atoms with Crippen molar-refractivity contribution in [1.82, 2.24) is 15.3 Å². The first-order valence-electron chi connectivity index (χ1n) is 6.55. The smallest absolute Gasteiger partial charge is 0.236 e. The molecule has 0 spiro atoms. The van der Waals surface area contributed by atoms with Crippen molar-refractivity contribution in [2.45, 2.75) is 25.8 Å². The molecule has 0 fully saturated rings. The first-order valence-corrected chi connectivity index (χ1v) is 7.43. The summed E-state index contributed by atoms with van der Waals surface area (Å²) in [7, 11) is 0. The molecular formula is C14H18N4OS. The minimum Gasteiger partial charge on any atom is -0.355 e. The number of aryl methyl sites for hydroxylation is 1. The predicted octanol–water partition coefficient (Wildman–Crippen LogP) is 1.60. The number of hydrogen-bond acceptors (Lipinski definition) is 5. The number of hydrogen-bond donors (Lipinski definition) is 2. The molecule has 0 bridgehead atoms. The molecule has 0 aromatic carbocycles. The number of carbonyl (C=O) groups is 1. The predicted molar refractivity (Wildman–Crippen MR) is 80.3 cm³/mol. The zero-order valence-electron chi connectivity index (χ0n) is 11.4. The zero-order chi connectivity index (χ0) is 14.4. The Morgan fingerprint density at radius 2 is 2.20 bits per heavy atom. The number of carbonyl (C=O) groups excluding carboxylic acids is 1. The van der Waals surface area contributed by atoms with Crippen LogP contribution in [0.15, 0.2) is 29.9 Å². The van der Waals surface area contributed by atoms with E-state index in [1.54, 1.807) is 30.7 Å². The van der Waals surface area contributed by atoms with Crippen LogP contribution in [0.25, 0.3) is 11.3 Å². The number of nitrogens with zero attached hydrogens (tertiary/aromatic N) is 2. The summed E-state index contributed by atoms with van der Waals surface area (Å²) in [5.41, 5.74) is 7.52. The average Bonchev–Trinajstić information content (AvgIpc) is 2.93. The second-order valence-corrected chi connectivity index (χ2v) is 5.49. The van der Waals surface area contributed by atoms with E-state index in [9.17, 15) is 4.79 Å². The number of thiazole rings is 1. The fourth-order valence-corrected chi connectivity index (χ4v) is 2.54. The Bertz CT molecular complexity index is 553. The maximum atomic E-state index is 11.3. The van der Waals surface area contributed by atoms with Crippen molar-refractivity contribution in [1.29, 1.82) is 0 Å². The molecule has 0 saturated carbocycles. The Balaban J connectivity index is 1.81. The Labute approximate surface area is 122 Å². The highest BCUT2D eigenvalue weighted by Crippen LogP contribution is 2.21. The van der Waals surface area contributed by atoms with Gasteiger partial charge in [0.1, 0.15) is 0 Å². The van der Waals surface area contributed by atoms with Crippen LogP contribution in [0.1, 0.15) is 18.4 Å². The summed E-state index contributed by atoms with van der Waals surface area (Å²) in [6.07, 6.45) is 5.24. The molecule has 0 aliphatic rings. The SMILES string of the molecule is CC(N)C(=O)NCCCc1nc(-c2ccncc2)cs1. The van der Waals surface area contributed by atoms with Crippen molar-refractivity contribution in [3.05, 3.63) is 34.9 Å². The largest absolute Gasteiger partial charge is 0.355 e. The minimum atomic E-state index is -0.451. The Kier molecular flexibility index (Phi) is 5.20. The van der Waals surface area contributed by atoms with Gasteiger partial charge in [0.15, 0.2) is 0 Å². The van der Waals surface area contributed by atoms with Crippen LogP contribution >= 0.6 is 11.3 Å². The third-order valence-corrected chi connectivity index (χ3v) is 3.72. The molecule has 5 nitrogen and oxygen atoms in total. The highest BCUT2D eigenvalue weighted by molar-refractivity contribution is 7.09. The molecule has 0 radical (unpaired) electrons. The molecule has 3 N–H and O–H groups in total. The van der Waals surface area contributed by atoms with E-state index in [4.69, 9.17) is 5.73 Å². The molecule has 1 amide bonds. The van der Waals surface area contributed by atoms with Gasteiger partial charge in [-0.25, -0.2) is 4.98 Å². The van der Waals surface area contributed by atoms with E-state index in [1.165, 1.54) is 0 Å². The first kappa shape index (κ1) is 14.6. The number of pyridine rings is 1. The quantitative estimate of drug-likeness (QED) is 0.792. The number of rotatable bonds is 6. The molecule has 0 aliphatic carbocycles. The summed E-state index contributed by atoms with van der Waals surface area (Å²) in [6, 6.07) is 3.44. The fourth-order valence-electron chi connectivity index (χ4n) is 1.69. The van der Waals surface area contributed by atoms with Gasteiger partial charge in [0.25, 0.3) is 0 Å². The van der Waals surface area contributed by atoms with Gasteiger partial charge in [0, 0.05) is 36.3 Å². The zero-order valence-corrected chi connectivity index (χ0v) is 12.2. The number of nitrogens with one attached hydrogen (secondary N) is 1. The molecule has 2 aromatic rings. The van der Waals surface area contributed by atoms with Crippen molar-refractivity contribution in [2.24, 2.45) is 5.73 Å². The van der Waals surface area contributed by atoms with Crippen molar-refractivity contribution in [3.8, 4) is 11.3 Å². The van der Waals surface area contributed by atoms with Crippen molar-refractivity contribution >= 4 is 17.2 Å². The Hall–Kier alpha value is -1.79. The van der Waals surface area contributed by atoms with Gasteiger partial charge in [-0.1, -0.05) is 0 Å². The lowest BCUT2D eigenvalue weighted by molar-refractivity contribution is -0.121. The molecule has 2 aromatic heterocycles. The van der Waals surface area contributed by atoms with Crippen molar-refractivity contribution in [3.63, 3.8) is 0 Å². The van der Waals surface area contributed by atoms with E-state index in [1.807, 2.05) is 17.5 Å². The minimum absolute atomic E-state index is 0.110. The number of aromatic nitrogens is 2. The molecule has 2 rings (SSSR count). The van der Waals surface area contributed by atoms with Crippen LogP contribution in [0, 0.1) is 0 Å². The van der Waals surface area contributed by atoms with Gasteiger partial charge in [-0.15, -0.1) is 11.3 Å². The van der Waals surface area contributed by atoms with Gasteiger partial charge in [-0.3, -0.25) is 9.78 Å². The van der Waals surface area contributed by atoms with E-state index in [-0.39, 0.29) is 5.91 Å². The Morgan fingerprint density at radius 3 is 2.90 bits per heavy atom. The second kappa shape index (κ2) is 7.12. The fraction of sp³-hybridized carbons (Fsp3) is 0.357. The third-order valence-electron chi connectivity index (χ3n) is 2.81. The van der Waals surface area contributed by atoms with Gasteiger partial charge in [-0.2, -0.15) is 0 Å². The van der Waals surface area contributed by atoms with Crippen LogP contribution < -0.4 is 11.1 Å². The standard InChI is InChI=1S/C14H18N4OS/c1-10(15)14(19)17-6-2-3-13-18-12(9-20-13)11-4-7-16-8-5-11/h4-5,7-10H,2-3,6,15H2,1H3,(H,17,19). The number of amides is 1. The van der Waals surface area contributed by atoms with Crippen molar-refractivity contribution in [2.75, 3.05) is 6.54 Å². The highest BCUT2D eigenvalue weighted by atomic mass is 32.1. The molecule has 106 valence electrons. The van der Waals surface area contributed by atoms with Crippen LogP contribution in [-0.2, 0) is 11.2 Å². The normalized spacial score (nSPS) is 12.1. The Morgan fingerprint density at radius 1 is 1.45 bits per heavy atom. The summed E-state index contributed by atoms with van der Waals surface area (Å²) in [4.78, 5) is 19.9. The van der Waals surface area contributed by atoms with Gasteiger partial charge in [0.2, 0.25) is 5.91 Å². The molecule has 6 heteroatoms. The summed E-state index contributed by atoms with van der Waals surface area (Å²) < 4.78 is 0. The lowest BCUT2D eigenvalue weighted by Gasteiger charge is -2.06. The highest BCUT2D eigenvalue weighted by Gasteiger charge is 2.07. The topological polar surface area (TPSA) is 80.9 Å². The maximum absolute atomic E-state index is 11.3. The lowest BCUT2D eigenvalue weighted by atomic mass is 10.2. The summed E-state index contributed by atoms with van der Waals surface area (Å²) in [5.74, 6) is -0.110. The van der Waals surface area contributed by atoms with Crippen LogP contribution in [0.4, 0.5) is 0 Å². The van der Waals surface area contributed by atoms with Gasteiger partial charge >= 0.3 is 0 Å². The lowest BCUT2D eigenvalue weighted by Crippen LogP contribution is -2.38. The van der Waals surface area contributed by atoms with Crippen LogP contribution in [0.5, 0.6) is 0 Å². The van der Waals surface area contributed by atoms with Crippen LogP contribution in [0.2, 0.25) is 0 Å². The van der Waals surface area contributed by atoms with E-state index >= 15 is 0 Å². The van der Waals surface area contributed by atoms with Crippen molar-refractivity contribution < 1.29 is 4.79 Å². The maximum Gasteiger partial charge on any atom is 0.236 e. The summed E-state index contributed by atoms with van der Waals surface area (Å²) in [6.45, 7) is 2.31. The molecular weight excluding hydrogens is 272 g/mol. The number of nitrogens with two attached hydrogens (primary N) is 1. The van der Waals surface area contributed by atoms with Gasteiger partial charge in [-0.05, 0) is 25.5 Å². The molecule has 1 unspecified atom stereocenters. The van der Waals surface area contributed by atoms with E-state index < -0.39 is 6.04 Å². The summed E-state index contributed by atoms with van der Waals surface area (Å²) in [5, 5.41) is 5.92. The van der Waals surface area contributed by atoms with Crippen LogP contribution in [-0.4, -0.2) is 28.5 Å². The van der Waals surface area contributed by atoms with Gasteiger partial charge in [0.05, 0.1) is 16.7 Å². The molecule has 2 heterocycles. The molecule has 1 atom stereocenters. The molecule has 0 aliphatic heterocycles. The monoisotopic (exact) mass is 290 g/mol. The average molecular weight is 290 g/mol. The second-order valence-electron chi connectivity index (χ2n) is 4.55. The third kappa shape index (κ3) is 4.11. The first-order chi connectivity index (χ1) is 9.66. The van der Waals surface area contributed by atoms with Crippen LogP contribution in [0.3, 0.4) is 0 Å². The summed E-state index contributed by atoms with van der Waals surface area (Å²) >= 11 is 1.64. The van der Waals surface area contributed by atoms with Gasteiger partial charge < -0.3 is 11.1 Å². The van der Waals surface area contributed by atoms with E-state index in [2.05, 4.69) is 15.3 Å². The molecule has 20 heavy (non-hydrogen) atoms. The van der Waals surface area contributed by atoms with E-state index in [0.717, 1.165) is 29.1 Å².